The molecule has 0 aliphatic carbocycles. The van der Waals surface area contributed by atoms with E-state index >= 15 is 0 Å². The van der Waals surface area contributed by atoms with E-state index in [0.29, 0.717) is 0 Å². The lowest BCUT2D eigenvalue weighted by molar-refractivity contribution is 0.125. The Labute approximate surface area is 111 Å². The van der Waals surface area contributed by atoms with E-state index in [4.69, 9.17) is 0 Å². The van der Waals surface area contributed by atoms with E-state index in [-0.39, 0.29) is 6.10 Å². The Morgan fingerprint density at radius 2 is 2.06 bits per heavy atom. The highest BCUT2D eigenvalue weighted by molar-refractivity contribution is 5.23. The third kappa shape index (κ3) is 3.82. The highest BCUT2D eigenvalue weighted by Crippen LogP contribution is 2.20. The fourth-order valence-electron chi connectivity index (χ4n) is 2.63. The molecule has 2 heteroatoms. The van der Waals surface area contributed by atoms with Crippen LogP contribution in [0.1, 0.15) is 43.4 Å². The third-order valence-electron chi connectivity index (χ3n) is 4.02. The molecule has 1 aliphatic rings. The molecule has 1 aromatic carbocycles. The van der Waals surface area contributed by atoms with Gasteiger partial charge in [0.25, 0.3) is 0 Å². The lowest BCUT2D eigenvalue weighted by atomic mass is 9.98. The second-order valence-corrected chi connectivity index (χ2v) is 5.74. The van der Waals surface area contributed by atoms with Crippen molar-refractivity contribution >= 4 is 0 Å². The van der Waals surface area contributed by atoms with Gasteiger partial charge >= 0.3 is 0 Å². The van der Waals surface area contributed by atoms with E-state index in [1.807, 2.05) is 12.1 Å². The van der Waals surface area contributed by atoms with E-state index in [1.165, 1.54) is 31.5 Å². The third-order valence-corrected chi connectivity index (χ3v) is 4.02. The second kappa shape index (κ2) is 6.35. The number of aliphatic hydroxyl groups excluding tert-OH is 1. The van der Waals surface area contributed by atoms with Gasteiger partial charge in [-0.3, -0.25) is 0 Å². The average Bonchev–Trinajstić information content (AvgIpc) is 2.38. The van der Waals surface area contributed by atoms with Gasteiger partial charge in [0.05, 0.1) is 6.10 Å². The summed E-state index contributed by atoms with van der Waals surface area (Å²) in [4.78, 5) is 2.49. The zero-order valence-electron chi connectivity index (χ0n) is 11.6. The molecular formula is C16H25NO. The number of aryl methyl sites for hydroxylation is 1. The average molecular weight is 247 g/mol. The number of benzene rings is 1. The first kappa shape index (κ1) is 13.6. The van der Waals surface area contributed by atoms with Crippen molar-refractivity contribution in [2.45, 2.75) is 39.2 Å². The van der Waals surface area contributed by atoms with Gasteiger partial charge in [0, 0.05) is 6.54 Å². The normalized spacial score (nSPS) is 19.9. The summed E-state index contributed by atoms with van der Waals surface area (Å²) in [5.41, 5.74) is 2.28. The van der Waals surface area contributed by atoms with E-state index in [9.17, 15) is 5.11 Å². The monoisotopic (exact) mass is 247 g/mol. The standard InChI is InChI=1S/C16H25NO/c1-13-6-9-17(10-7-13)11-8-16(18)15-5-3-4-14(2)12-15/h3-5,12-13,16,18H,6-11H2,1-2H3. The lowest BCUT2D eigenvalue weighted by Crippen LogP contribution is -2.34. The van der Waals surface area contributed by atoms with Gasteiger partial charge in [0.2, 0.25) is 0 Å². The topological polar surface area (TPSA) is 23.5 Å². The second-order valence-electron chi connectivity index (χ2n) is 5.74. The minimum absolute atomic E-state index is 0.316. The fourth-order valence-corrected chi connectivity index (χ4v) is 2.63. The predicted octanol–water partition coefficient (Wildman–Crippen LogP) is 3.15. The molecule has 2 rings (SSSR count). The van der Waals surface area contributed by atoms with Gasteiger partial charge in [0.15, 0.2) is 0 Å². The van der Waals surface area contributed by atoms with Gasteiger partial charge in [-0.1, -0.05) is 36.8 Å². The Kier molecular flexibility index (Phi) is 4.79. The fraction of sp³-hybridized carbons (Fsp3) is 0.625. The first-order valence-electron chi connectivity index (χ1n) is 7.12. The molecule has 1 aromatic rings. The molecule has 1 saturated heterocycles. The van der Waals surface area contributed by atoms with Crippen LogP contribution in [0.3, 0.4) is 0 Å². The molecule has 0 aromatic heterocycles. The number of aliphatic hydroxyl groups is 1. The first-order valence-corrected chi connectivity index (χ1v) is 7.12. The first-order chi connectivity index (χ1) is 8.65. The van der Waals surface area contributed by atoms with Crippen LogP contribution < -0.4 is 0 Å². The summed E-state index contributed by atoms with van der Waals surface area (Å²) in [7, 11) is 0. The van der Waals surface area contributed by atoms with Crippen LogP contribution in [0.4, 0.5) is 0 Å². The maximum atomic E-state index is 10.2. The van der Waals surface area contributed by atoms with Crippen LogP contribution in [0.2, 0.25) is 0 Å². The van der Waals surface area contributed by atoms with Gasteiger partial charge in [0.1, 0.15) is 0 Å². The largest absolute Gasteiger partial charge is 0.388 e. The molecule has 100 valence electrons. The molecular weight excluding hydrogens is 222 g/mol. The molecule has 0 saturated carbocycles. The van der Waals surface area contributed by atoms with E-state index in [2.05, 4.69) is 30.9 Å². The highest BCUT2D eigenvalue weighted by atomic mass is 16.3. The Balaban J connectivity index is 1.79. The SMILES string of the molecule is Cc1cccc(C(O)CCN2CCC(C)CC2)c1. The zero-order chi connectivity index (χ0) is 13.0. The Bertz CT molecular complexity index is 369. The summed E-state index contributed by atoms with van der Waals surface area (Å²) in [5, 5.41) is 10.2. The molecule has 18 heavy (non-hydrogen) atoms. The minimum Gasteiger partial charge on any atom is -0.388 e. The Hall–Kier alpha value is -0.860. The lowest BCUT2D eigenvalue weighted by Gasteiger charge is -2.30. The molecule has 1 heterocycles. The predicted molar refractivity (Wildman–Crippen MR) is 75.6 cm³/mol. The molecule has 0 spiro atoms. The van der Waals surface area contributed by atoms with Crippen LogP contribution in [-0.4, -0.2) is 29.6 Å². The van der Waals surface area contributed by atoms with Crippen molar-refractivity contribution in [3.8, 4) is 0 Å². The van der Waals surface area contributed by atoms with Crippen LogP contribution in [0.5, 0.6) is 0 Å². The molecule has 0 radical (unpaired) electrons. The number of nitrogens with zero attached hydrogens (tertiary/aromatic N) is 1. The molecule has 1 unspecified atom stereocenters. The van der Waals surface area contributed by atoms with Crippen LogP contribution in [-0.2, 0) is 0 Å². The maximum absolute atomic E-state index is 10.2. The van der Waals surface area contributed by atoms with Crippen molar-refractivity contribution in [1.29, 1.82) is 0 Å². The maximum Gasteiger partial charge on any atom is 0.0802 e. The zero-order valence-corrected chi connectivity index (χ0v) is 11.6. The number of rotatable bonds is 4. The van der Waals surface area contributed by atoms with Gasteiger partial charge in [-0.05, 0) is 50.8 Å². The number of likely N-dealkylation sites (tertiary alicyclic amines) is 1. The van der Waals surface area contributed by atoms with Crippen molar-refractivity contribution in [2.75, 3.05) is 19.6 Å². The van der Waals surface area contributed by atoms with Crippen molar-refractivity contribution < 1.29 is 5.11 Å². The van der Waals surface area contributed by atoms with Crippen molar-refractivity contribution in [2.24, 2.45) is 5.92 Å². The van der Waals surface area contributed by atoms with Crippen molar-refractivity contribution in [3.63, 3.8) is 0 Å². The van der Waals surface area contributed by atoms with Crippen molar-refractivity contribution in [3.05, 3.63) is 35.4 Å². The molecule has 1 fully saturated rings. The van der Waals surface area contributed by atoms with Gasteiger partial charge in [-0.25, -0.2) is 0 Å². The summed E-state index contributed by atoms with van der Waals surface area (Å²) in [6, 6.07) is 8.21. The van der Waals surface area contributed by atoms with Crippen LogP contribution in [0.15, 0.2) is 24.3 Å². The molecule has 2 nitrogen and oxygen atoms in total. The van der Waals surface area contributed by atoms with Gasteiger partial charge in [-0.15, -0.1) is 0 Å². The van der Waals surface area contributed by atoms with Gasteiger partial charge in [-0.2, -0.15) is 0 Å². The number of hydrogen-bond donors (Lipinski definition) is 1. The molecule has 1 N–H and O–H groups in total. The summed E-state index contributed by atoms with van der Waals surface area (Å²) < 4.78 is 0. The van der Waals surface area contributed by atoms with Crippen LogP contribution in [0.25, 0.3) is 0 Å². The van der Waals surface area contributed by atoms with Crippen LogP contribution >= 0.6 is 0 Å². The number of hydrogen-bond acceptors (Lipinski definition) is 2. The van der Waals surface area contributed by atoms with E-state index < -0.39 is 0 Å². The highest BCUT2D eigenvalue weighted by Gasteiger charge is 2.16. The summed E-state index contributed by atoms with van der Waals surface area (Å²) in [6.45, 7) is 7.81. The molecule has 0 amide bonds. The Morgan fingerprint density at radius 1 is 1.33 bits per heavy atom. The summed E-state index contributed by atoms with van der Waals surface area (Å²) >= 11 is 0. The number of piperidine rings is 1. The molecule has 0 bridgehead atoms. The van der Waals surface area contributed by atoms with E-state index in [1.54, 1.807) is 0 Å². The smallest absolute Gasteiger partial charge is 0.0802 e. The van der Waals surface area contributed by atoms with Crippen LogP contribution in [0, 0.1) is 12.8 Å². The summed E-state index contributed by atoms with van der Waals surface area (Å²) in [5.74, 6) is 0.878. The van der Waals surface area contributed by atoms with Crippen molar-refractivity contribution in [1.82, 2.24) is 4.90 Å². The minimum atomic E-state index is -0.316. The molecule has 1 aliphatic heterocycles. The van der Waals surface area contributed by atoms with E-state index in [0.717, 1.165) is 24.4 Å². The van der Waals surface area contributed by atoms with Gasteiger partial charge < -0.3 is 10.0 Å². The molecule has 1 atom stereocenters. The summed E-state index contributed by atoms with van der Waals surface area (Å²) in [6.07, 6.45) is 3.14. The Morgan fingerprint density at radius 3 is 2.72 bits per heavy atom. The quantitative estimate of drug-likeness (QED) is 0.883.